The fourth-order valence-corrected chi connectivity index (χ4v) is 2.33. The largest absolute Gasteiger partial charge is 0.399 e. The summed E-state index contributed by atoms with van der Waals surface area (Å²) < 4.78 is 0. The molecule has 0 fully saturated rings. The van der Waals surface area contributed by atoms with Gasteiger partial charge in [0.15, 0.2) is 0 Å². The van der Waals surface area contributed by atoms with Crippen LogP contribution in [0.25, 0.3) is 6.08 Å². The Morgan fingerprint density at radius 2 is 2.12 bits per heavy atom. The molecule has 0 saturated heterocycles. The molecule has 3 nitrogen and oxygen atoms in total. The van der Waals surface area contributed by atoms with Crippen molar-refractivity contribution in [1.82, 2.24) is 0 Å². The third-order valence-electron chi connectivity index (χ3n) is 3.23. The molecule has 1 aromatic rings. The number of fused-ring (bicyclic) bond motifs is 2. The summed E-state index contributed by atoms with van der Waals surface area (Å²) in [5.41, 5.74) is 17.2. The smallest absolute Gasteiger partial charge is 0.0502 e. The molecule has 1 aliphatic heterocycles. The van der Waals surface area contributed by atoms with Gasteiger partial charge in [-0.1, -0.05) is 18.2 Å². The zero-order chi connectivity index (χ0) is 12.0. The summed E-state index contributed by atoms with van der Waals surface area (Å²) in [6, 6.07) is 5.96. The van der Waals surface area contributed by atoms with E-state index in [9.17, 15) is 0 Å². The molecule has 1 aromatic carbocycles. The average molecular weight is 225 g/mol. The van der Waals surface area contributed by atoms with Crippen LogP contribution >= 0.6 is 0 Å². The maximum absolute atomic E-state index is 5.91. The lowest BCUT2D eigenvalue weighted by atomic mass is 9.94. The molecular formula is C14H15N3. The van der Waals surface area contributed by atoms with E-state index in [1.807, 2.05) is 31.3 Å². The van der Waals surface area contributed by atoms with Crippen LogP contribution in [0.15, 0.2) is 47.7 Å². The fraction of sp³-hybridized carbons (Fsp3) is 0.143. The molecule has 2 aliphatic rings. The lowest BCUT2D eigenvalue weighted by Gasteiger charge is -2.32. The monoisotopic (exact) mass is 225 g/mol. The van der Waals surface area contributed by atoms with Gasteiger partial charge in [-0.25, -0.2) is 0 Å². The van der Waals surface area contributed by atoms with Crippen LogP contribution in [0.1, 0.15) is 5.56 Å². The molecule has 1 heterocycles. The summed E-state index contributed by atoms with van der Waals surface area (Å²) in [5, 5.41) is 0. The van der Waals surface area contributed by atoms with Crippen molar-refractivity contribution in [3.05, 3.63) is 53.3 Å². The first kappa shape index (κ1) is 10.2. The van der Waals surface area contributed by atoms with E-state index in [2.05, 4.69) is 23.1 Å². The van der Waals surface area contributed by atoms with Gasteiger partial charge in [-0.2, -0.15) is 0 Å². The van der Waals surface area contributed by atoms with Crippen molar-refractivity contribution in [2.45, 2.75) is 6.04 Å². The number of nitrogens with two attached hydrogens (primary N) is 2. The Balaban J connectivity index is 2.19. The number of hydrogen-bond donors (Lipinski definition) is 2. The second-order valence-corrected chi connectivity index (χ2v) is 4.47. The number of rotatable bonds is 0. The minimum atomic E-state index is -0.00721. The standard InChI is InChI=1S/C14H15N3/c1-17-13-7-11(15)4-2-9(13)6-10-3-5-12(16)8-14(10)17/h2-8,11H,15-16H2,1H3. The van der Waals surface area contributed by atoms with Crippen molar-refractivity contribution in [2.24, 2.45) is 5.73 Å². The van der Waals surface area contributed by atoms with Gasteiger partial charge in [0.05, 0.1) is 5.69 Å². The zero-order valence-corrected chi connectivity index (χ0v) is 9.72. The van der Waals surface area contributed by atoms with E-state index in [1.165, 1.54) is 11.1 Å². The normalized spacial score (nSPS) is 21.5. The Morgan fingerprint density at radius 1 is 1.29 bits per heavy atom. The highest BCUT2D eigenvalue weighted by atomic mass is 15.1. The first-order valence-corrected chi connectivity index (χ1v) is 5.66. The third kappa shape index (κ3) is 1.56. The first-order valence-electron chi connectivity index (χ1n) is 5.66. The number of likely N-dealkylation sites (N-methyl/N-ethyl adjacent to an activating group) is 1. The topological polar surface area (TPSA) is 55.3 Å². The van der Waals surface area contributed by atoms with E-state index in [4.69, 9.17) is 11.5 Å². The molecule has 17 heavy (non-hydrogen) atoms. The SMILES string of the molecule is CN1C2=CC(N)C=CC2=Cc2ccc(N)cc21. The Hall–Kier alpha value is -2.00. The highest BCUT2D eigenvalue weighted by molar-refractivity contribution is 5.83. The van der Waals surface area contributed by atoms with Crippen molar-refractivity contribution >= 4 is 17.5 Å². The molecule has 1 unspecified atom stereocenters. The molecular weight excluding hydrogens is 210 g/mol. The second-order valence-electron chi connectivity index (χ2n) is 4.47. The van der Waals surface area contributed by atoms with Crippen LogP contribution < -0.4 is 16.4 Å². The molecule has 86 valence electrons. The molecule has 3 heteroatoms. The Morgan fingerprint density at radius 3 is 2.94 bits per heavy atom. The Bertz CT molecular complexity index is 567. The summed E-state index contributed by atoms with van der Waals surface area (Å²) in [7, 11) is 2.04. The average Bonchev–Trinajstić information content (AvgIpc) is 2.32. The number of benzene rings is 1. The van der Waals surface area contributed by atoms with Gasteiger partial charge in [-0.3, -0.25) is 0 Å². The minimum Gasteiger partial charge on any atom is -0.399 e. The number of hydrogen-bond acceptors (Lipinski definition) is 3. The lowest BCUT2D eigenvalue weighted by Crippen LogP contribution is -2.27. The second kappa shape index (κ2) is 3.50. The van der Waals surface area contributed by atoms with Gasteiger partial charge in [0.25, 0.3) is 0 Å². The molecule has 0 saturated carbocycles. The molecule has 0 bridgehead atoms. The summed E-state index contributed by atoms with van der Waals surface area (Å²) in [6.07, 6.45) is 8.32. The van der Waals surface area contributed by atoms with Crippen LogP contribution in [-0.4, -0.2) is 13.1 Å². The highest BCUT2D eigenvalue weighted by Crippen LogP contribution is 2.36. The van der Waals surface area contributed by atoms with E-state index >= 15 is 0 Å². The van der Waals surface area contributed by atoms with E-state index in [0.29, 0.717) is 0 Å². The van der Waals surface area contributed by atoms with Crippen LogP contribution in [0.2, 0.25) is 0 Å². The number of anilines is 2. The van der Waals surface area contributed by atoms with E-state index < -0.39 is 0 Å². The van der Waals surface area contributed by atoms with Crippen LogP contribution in [0.4, 0.5) is 11.4 Å². The van der Waals surface area contributed by atoms with Gasteiger partial charge in [-0.05, 0) is 35.4 Å². The Labute approximate surface area is 101 Å². The third-order valence-corrected chi connectivity index (χ3v) is 3.23. The summed E-state index contributed by atoms with van der Waals surface area (Å²) >= 11 is 0. The molecule has 0 spiro atoms. The van der Waals surface area contributed by atoms with E-state index in [0.717, 1.165) is 17.1 Å². The Kier molecular flexibility index (Phi) is 2.09. The van der Waals surface area contributed by atoms with Crippen molar-refractivity contribution in [3.8, 4) is 0 Å². The molecule has 1 aliphatic carbocycles. The maximum Gasteiger partial charge on any atom is 0.0502 e. The maximum atomic E-state index is 5.91. The van der Waals surface area contributed by atoms with Crippen LogP contribution in [0.5, 0.6) is 0 Å². The zero-order valence-electron chi connectivity index (χ0n) is 9.72. The number of nitrogen functional groups attached to an aromatic ring is 1. The highest BCUT2D eigenvalue weighted by Gasteiger charge is 2.21. The van der Waals surface area contributed by atoms with Crippen molar-refractivity contribution in [3.63, 3.8) is 0 Å². The van der Waals surface area contributed by atoms with Crippen molar-refractivity contribution in [2.75, 3.05) is 17.7 Å². The summed E-state index contributed by atoms with van der Waals surface area (Å²) in [6.45, 7) is 0. The lowest BCUT2D eigenvalue weighted by molar-refractivity contribution is 0.964. The predicted molar refractivity (Wildman–Crippen MR) is 72.4 cm³/mol. The molecule has 0 amide bonds. The first-order chi connectivity index (χ1) is 8.15. The molecule has 0 aromatic heterocycles. The summed E-state index contributed by atoms with van der Waals surface area (Å²) in [4.78, 5) is 2.14. The van der Waals surface area contributed by atoms with Crippen LogP contribution in [0.3, 0.4) is 0 Å². The molecule has 4 N–H and O–H groups in total. The van der Waals surface area contributed by atoms with Gasteiger partial charge < -0.3 is 16.4 Å². The molecule has 3 rings (SSSR count). The van der Waals surface area contributed by atoms with Crippen molar-refractivity contribution in [1.29, 1.82) is 0 Å². The van der Waals surface area contributed by atoms with Gasteiger partial charge in [-0.15, -0.1) is 0 Å². The number of allylic oxidation sites excluding steroid dienone is 1. The van der Waals surface area contributed by atoms with E-state index in [-0.39, 0.29) is 6.04 Å². The van der Waals surface area contributed by atoms with Gasteiger partial charge in [0.1, 0.15) is 0 Å². The molecule has 0 radical (unpaired) electrons. The van der Waals surface area contributed by atoms with Crippen LogP contribution in [0, 0.1) is 0 Å². The van der Waals surface area contributed by atoms with Crippen molar-refractivity contribution < 1.29 is 0 Å². The fourth-order valence-electron chi connectivity index (χ4n) is 2.33. The van der Waals surface area contributed by atoms with Gasteiger partial charge >= 0.3 is 0 Å². The molecule has 1 atom stereocenters. The minimum absolute atomic E-state index is 0.00721. The quantitative estimate of drug-likeness (QED) is 0.663. The van der Waals surface area contributed by atoms with Crippen LogP contribution in [-0.2, 0) is 0 Å². The van der Waals surface area contributed by atoms with Gasteiger partial charge in [0.2, 0.25) is 0 Å². The van der Waals surface area contributed by atoms with E-state index in [1.54, 1.807) is 0 Å². The van der Waals surface area contributed by atoms with Gasteiger partial charge in [0, 0.05) is 24.5 Å². The summed E-state index contributed by atoms with van der Waals surface area (Å²) in [5.74, 6) is 0. The predicted octanol–water partition coefficient (Wildman–Crippen LogP) is 1.88. The number of nitrogens with zero attached hydrogens (tertiary/aromatic N) is 1.